The molecule has 0 heterocycles. The number of rotatable bonds is 1. The second-order valence-corrected chi connectivity index (χ2v) is 23.6. The Balaban J connectivity index is 3.65. The van der Waals surface area contributed by atoms with Crippen molar-refractivity contribution in [3.8, 4) is 0 Å². The standard InChI is InChI=1S/C18H32GeN2SSi/c1-17(2,3)20-15-13-11-10-12-14-16(15)21(18(4,5)6)19-22-23(7,8)9/h10-14H,1-9H3. The summed E-state index contributed by atoms with van der Waals surface area (Å²) >= 11 is -0.289. The maximum atomic E-state index is 4.99. The van der Waals surface area contributed by atoms with Crippen molar-refractivity contribution in [3.05, 3.63) is 35.7 Å². The Morgan fingerprint density at radius 3 is 2.00 bits per heavy atom. The van der Waals surface area contributed by atoms with E-state index >= 15 is 0 Å². The summed E-state index contributed by atoms with van der Waals surface area (Å²) in [6.07, 6.45) is 0. The van der Waals surface area contributed by atoms with Crippen molar-refractivity contribution in [1.29, 1.82) is 0 Å². The average molecular weight is 409 g/mol. The second-order valence-electron chi connectivity index (χ2n) is 8.78. The average Bonchev–Trinajstić information content (AvgIpc) is 2.50. The molecule has 23 heavy (non-hydrogen) atoms. The zero-order valence-corrected chi connectivity index (χ0v) is 20.1. The summed E-state index contributed by atoms with van der Waals surface area (Å²) in [5.74, 6) is 0. The van der Waals surface area contributed by atoms with Crippen LogP contribution in [0.4, 0.5) is 5.69 Å². The summed E-state index contributed by atoms with van der Waals surface area (Å²) in [6.45, 7) is 20.8. The van der Waals surface area contributed by atoms with E-state index in [2.05, 4.69) is 104 Å². The third-order valence-electron chi connectivity index (χ3n) is 2.80. The molecular weight excluding hydrogens is 377 g/mol. The molecule has 1 rings (SSSR count). The van der Waals surface area contributed by atoms with Crippen molar-refractivity contribution >= 4 is 35.5 Å². The predicted octanol–water partition coefficient (Wildman–Crippen LogP) is 5.09. The Kier molecular flexibility index (Phi) is 6.94. The van der Waals surface area contributed by atoms with E-state index in [4.69, 9.17) is 4.99 Å². The molecule has 5 heteroatoms. The fourth-order valence-corrected chi connectivity index (χ4v) is 13.4. The van der Waals surface area contributed by atoms with Gasteiger partial charge in [0.25, 0.3) is 0 Å². The molecule has 0 aromatic heterocycles. The number of hydrogen-bond acceptors (Lipinski definition) is 2. The number of hydrogen-bond donors (Lipinski definition) is 0. The van der Waals surface area contributed by atoms with Gasteiger partial charge in [-0.1, -0.05) is 0 Å². The Bertz CT molecular complexity index is 671. The van der Waals surface area contributed by atoms with E-state index in [0.717, 1.165) is 5.36 Å². The van der Waals surface area contributed by atoms with E-state index in [-0.39, 0.29) is 24.8 Å². The summed E-state index contributed by atoms with van der Waals surface area (Å²) in [7, 11) is 1.12. The van der Waals surface area contributed by atoms with Crippen LogP contribution in [0.2, 0.25) is 19.6 Å². The van der Waals surface area contributed by atoms with Gasteiger partial charge in [-0.25, -0.2) is 0 Å². The van der Waals surface area contributed by atoms with Crippen molar-refractivity contribution in [3.63, 3.8) is 0 Å². The van der Waals surface area contributed by atoms with Gasteiger partial charge in [-0.2, -0.15) is 0 Å². The SMILES string of the molecule is CC(C)(C)N=c1cccccc1[N]([Ge]#[S][Si](C)(C)C)C(C)(C)C. The third-order valence-corrected chi connectivity index (χ3v) is 22.1. The van der Waals surface area contributed by atoms with E-state index < -0.39 is 7.22 Å². The molecule has 0 amide bonds. The first-order valence-electron chi connectivity index (χ1n) is 8.19. The first-order valence-corrected chi connectivity index (χ1v) is 16.7. The molecule has 0 aliphatic carbocycles. The van der Waals surface area contributed by atoms with E-state index in [0.29, 0.717) is 0 Å². The number of nitrogens with zero attached hydrogens (tertiary/aromatic N) is 2. The molecule has 0 aliphatic rings. The first-order chi connectivity index (χ1) is 10.3. The molecule has 2 nitrogen and oxygen atoms in total. The van der Waals surface area contributed by atoms with Gasteiger partial charge in [0.15, 0.2) is 0 Å². The van der Waals surface area contributed by atoms with Crippen LogP contribution in [-0.4, -0.2) is 32.1 Å². The van der Waals surface area contributed by atoms with Gasteiger partial charge in [0.2, 0.25) is 0 Å². The monoisotopic (exact) mass is 410 g/mol. The molecule has 1 aromatic rings. The van der Waals surface area contributed by atoms with Gasteiger partial charge < -0.3 is 0 Å². The molecule has 0 fully saturated rings. The summed E-state index contributed by atoms with van der Waals surface area (Å²) in [5, 5.41) is 1.11. The van der Waals surface area contributed by atoms with Crippen LogP contribution in [0.15, 0.2) is 35.3 Å². The van der Waals surface area contributed by atoms with Gasteiger partial charge in [-0.05, 0) is 0 Å². The van der Waals surface area contributed by atoms with Crippen LogP contribution in [0.5, 0.6) is 0 Å². The van der Waals surface area contributed by atoms with Crippen molar-refractivity contribution < 1.29 is 0 Å². The summed E-state index contributed by atoms with van der Waals surface area (Å²) in [4.78, 5) is 4.99. The fourth-order valence-electron chi connectivity index (χ4n) is 1.90. The summed E-state index contributed by atoms with van der Waals surface area (Å²) < 4.78 is 2.63. The van der Waals surface area contributed by atoms with Crippen LogP contribution < -0.4 is 9.21 Å². The van der Waals surface area contributed by atoms with E-state index in [1.807, 2.05) is 0 Å². The molecule has 128 valence electrons. The van der Waals surface area contributed by atoms with Gasteiger partial charge in [0, 0.05) is 0 Å². The molecule has 1 aromatic carbocycles. The molecule has 0 saturated heterocycles. The Hall–Kier alpha value is -0.330. The van der Waals surface area contributed by atoms with Crippen LogP contribution in [0.1, 0.15) is 41.5 Å². The third kappa shape index (κ3) is 7.86. The van der Waals surface area contributed by atoms with Gasteiger partial charge >= 0.3 is 152 Å². The van der Waals surface area contributed by atoms with Crippen molar-refractivity contribution in [2.45, 2.75) is 72.3 Å². The first kappa shape index (κ1) is 20.7. The Morgan fingerprint density at radius 2 is 1.52 bits per heavy atom. The van der Waals surface area contributed by atoms with Crippen LogP contribution in [0, 0.1) is 0 Å². The Labute approximate surface area is 152 Å². The predicted molar refractivity (Wildman–Crippen MR) is 111 cm³/mol. The van der Waals surface area contributed by atoms with Crippen LogP contribution in [0.3, 0.4) is 0 Å². The van der Waals surface area contributed by atoms with E-state index in [1.54, 1.807) is 0 Å². The molecular formula is C18H32GeN2SSi. The molecule has 0 saturated carbocycles. The number of anilines is 1. The zero-order valence-electron chi connectivity index (χ0n) is 16.2. The normalized spacial score (nSPS) is 13.5. The Morgan fingerprint density at radius 1 is 0.957 bits per heavy atom. The molecule has 0 aliphatic heterocycles. The minimum absolute atomic E-state index is 0.0709. The van der Waals surface area contributed by atoms with Gasteiger partial charge in [0.1, 0.15) is 0 Å². The van der Waals surface area contributed by atoms with Crippen molar-refractivity contribution in [2.75, 3.05) is 3.86 Å². The fraction of sp³-hybridized carbons (Fsp3) is 0.611. The molecule has 0 bridgehead atoms. The summed E-state index contributed by atoms with van der Waals surface area (Å²) in [6, 6.07) is 10.7. The molecule has 0 spiro atoms. The van der Waals surface area contributed by atoms with Crippen LogP contribution in [0.25, 0.3) is 0 Å². The van der Waals surface area contributed by atoms with Gasteiger partial charge in [-0.3, -0.25) is 0 Å². The van der Waals surface area contributed by atoms with E-state index in [1.165, 1.54) is 5.69 Å². The molecule has 0 atom stereocenters. The zero-order chi connectivity index (χ0) is 17.9. The molecule has 0 unspecified atom stereocenters. The summed E-state index contributed by atoms with van der Waals surface area (Å²) in [5.41, 5.74) is 1.32. The maximum absolute atomic E-state index is 4.99. The van der Waals surface area contributed by atoms with Crippen molar-refractivity contribution in [1.82, 2.24) is 0 Å². The van der Waals surface area contributed by atoms with Crippen LogP contribution in [-0.2, 0) is 0 Å². The van der Waals surface area contributed by atoms with Gasteiger partial charge in [0.05, 0.1) is 0 Å². The van der Waals surface area contributed by atoms with E-state index in [9.17, 15) is 0 Å². The topological polar surface area (TPSA) is 15.6 Å². The molecule has 0 N–H and O–H groups in total. The quantitative estimate of drug-likeness (QED) is 0.590. The van der Waals surface area contributed by atoms with Gasteiger partial charge in [-0.15, -0.1) is 0 Å². The second kappa shape index (κ2) is 7.70. The minimum atomic E-state index is -1.12. The van der Waals surface area contributed by atoms with Crippen LogP contribution >= 0.6 is 8.80 Å². The van der Waals surface area contributed by atoms with Crippen molar-refractivity contribution in [2.24, 2.45) is 4.99 Å². The molecule has 0 radical (unpaired) electrons.